The second-order valence-electron chi connectivity index (χ2n) is 6.92. The number of hydrogen-bond acceptors (Lipinski definition) is 4. The zero-order valence-electron chi connectivity index (χ0n) is 15.6. The van der Waals surface area contributed by atoms with Gasteiger partial charge >= 0.3 is 0 Å². The Morgan fingerprint density at radius 3 is 2.64 bits per heavy atom. The summed E-state index contributed by atoms with van der Waals surface area (Å²) in [7, 11) is -3.52. The van der Waals surface area contributed by atoms with Crippen LogP contribution in [0.5, 0.6) is 0 Å². The number of hydrogen-bond donors (Lipinski definition) is 1. The molecule has 2 heterocycles. The SMILES string of the molecule is Cc1nc2ccccc2n1CC(=O)Nc1cccc(S(=O)(=O)N2CCCC2)c1. The Bertz CT molecular complexity index is 1130. The quantitative estimate of drug-likeness (QED) is 0.716. The van der Waals surface area contributed by atoms with Gasteiger partial charge in [-0.25, -0.2) is 13.4 Å². The van der Waals surface area contributed by atoms with Crippen molar-refractivity contribution < 1.29 is 13.2 Å². The summed E-state index contributed by atoms with van der Waals surface area (Å²) < 4.78 is 28.8. The first-order valence-corrected chi connectivity index (χ1v) is 10.7. The van der Waals surface area contributed by atoms with E-state index in [4.69, 9.17) is 0 Å². The van der Waals surface area contributed by atoms with Gasteiger partial charge in [-0.2, -0.15) is 4.31 Å². The van der Waals surface area contributed by atoms with E-state index >= 15 is 0 Å². The molecule has 1 aromatic heterocycles. The van der Waals surface area contributed by atoms with Gasteiger partial charge in [0, 0.05) is 18.8 Å². The van der Waals surface area contributed by atoms with Crippen LogP contribution < -0.4 is 5.32 Å². The Morgan fingerprint density at radius 1 is 1.11 bits per heavy atom. The number of anilines is 1. The minimum absolute atomic E-state index is 0.107. The van der Waals surface area contributed by atoms with Gasteiger partial charge in [0.15, 0.2) is 0 Å². The summed E-state index contributed by atoms with van der Waals surface area (Å²) in [5.74, 6) is 0.517. The second-order valence-corrected chi connectivity index (χ2v) is 8.86. The number of rotatable bonds is 5. The maximum absolute atomic E-state index is 12.7. The molecule has 0 bridgehead atoms. The van der Waals surface area contributed by atoms with Gasteiger partial charge in [-0.05, 0) is 50.1 Å². The molecule has 0 aliphatic carbocycles. The first-order valence-electron chi connectivity index (χ1n) is 9.27. The molecule has 1 aliphatic heterocycles. The molecular weight excluding hydrogens is 376 g/mol. The van der Waals surface area contributed by atoms with Crippen molar-refractivity contribution in [1.29, 1.82) is 0 Å². The van der Waals surface area contributed by atoms with E-state index in [9.17, 15) is 13.2 Å². The molecule has 0 spiro atoms. The predicted molar refractivity (Wildman–Crippen MR) is 108 cm³/mol. The molecule has 2 aromatic carbocycles. The van der Waals surface area contributed by atoms with E-state index in [1.54, 1.807) is 18.2 Å². The van der Waals surface area contributed by atoms with Crippen LogP contribution in [0.1, 0.15) is 18.7 Å². The summed E-state index contributed by atoms with van der Waals surface area (Å²) in [6, 6.07) is 14.1. The van der Waals surface area contributed by atoms with Gasteiger partial charge in [0.05, 0.1) is 15.9 Å². The molecule has 1 fully saturated rings. The highest BCUT2D eigenvalue weighted by Crippen LogP contribution is 2.23. The van der Waals surface area contributed by atoms with Crippen molar-refractivity contribution in [3.63, 3.8) is 0 Å². The van der Waals surface area contributed by atoms with E-state index in [1.165, 1.54) is 10.4 Å². The summed E-state index contributed by atoms with van der Waals surface area (Å²) >= 11 is 0. The van der Waals surface area contributed by atoms with Gasteiger partial charge in [-0.1, -0.05) is 18.2 Å². The van der Waals surface area contributed by atoms with Crippen molar-refractivity contribution in [2.45, 2.75) is 31.2 Å². The maximum atomic E-state index is 12.7. The largest absolute Gasteiger partial charge is 0.324 e. The van der Waals surface area contributed by atoms with Crippen LogP contribution in [0.25, 0.3) is 11.0 Å². The number of aromatic nitrogens is 2. The number of aryl methyl sites for hydroxylation is 1. The van der Waals surface area contributed by atoms with Gasteiger partial charge in [0.2, 0.25) is 15.9 Å². The van der Waals surface area contributed by atoms with E-state index in [-0.39, 0.29) is 17.3 Å². The Morgan fingerprint density at radius 2 is 1.86 bits per heavy atom. The third-order valence-corrected chi connectivity index (χ3v) is 6.86. The molecule has 8 heteroatoms. The zero-order valence-corrected chi connectivity index (χ0v) is 16.4. The lowest BCUT2D eigenvalue weighted by Gasteiger charge is -2.16. The van der Waals surface area contributed by atoms with Crippen molar-refractivity contribution in [1.82, 2.24) is 13.9 Å². The van der Waals surface area contributed by atoms with Gasteiger partial charge < -0.3 is 9.88 Å². The molecule has 7 nitrogen and oxygen atoms in total. The fraction of sp³-hybridized carbons (Fsp3) is 0.300. The summed E-state index contributed by atoms with van der Waals surface area (Å²) in [6.45, 7) is 3.06. The molecule has 1 amide bonds. The fourth-order valence-electron chi connectivity index (χ4n) is 3.55. The number of sulfonamides is 1. The number of nitrogens with zero attached hydrogens (tertiary/aromatic N) is 3. The minimum Gasteiger partial charge on any atom is -0.324 e. The van der Waals surface area contributed by atoms with Gasteiger partial charge in [-0.3, -0.25) is 4.79 Å². The summed E-state index contributed by atoms with van der Waals surface area (Å²) in [5, 5.41) is 2.80. The number of carbonyl (C=O) groups is 1. The number of amides is 1. The van der Waals surface area contributed by atoms with E-state index in [0.717, 1.165) is 29.7 Å². The van der Waals surface area contributed by atoms with Gasteiger partial charge in [-0.15, -0.1) is 0 Å². The molecule has 1 aliphatic rings. The number of imidazole rings is 1. The van der Waals surface area contributed by atoms with Crippen molar-refractivity contribution >= 4 is 32.7 Å². The second kappa shape index (κ2) is 7.37. The molecular formula is C20H22N4O3S. The van der Waals surface area contributed by atoms with E-state index in [2.05, 4.69) is 10.3 Å². The third-order valence-electron chi connectivity index (χ3n) is 4.97. The highest BCUT2D eigenvalue weighted by molar-refractivity contribution is 7.89. The van der Waals surface area contributed by atoms with Crippen LogP contribution in [-0.2, 0) is 21.4 Å². The summed E-state index contributed by atoms with van der Waals surface area (Å²) in [6.07, 6.45) is 1.77. The van der Waals surface area contributed by atoms with Crippen molar-refractivity contribution in [2.24, 2.45) is 0 Å². The average molecular weight is 398 g/mol. The highest BCUT2D eigenvalue weighted by atomic mass is 32.2. The average Bonchev–Trinajstić information content (AvgIpc) is 3.31. The zero-order chi connectivity index (χ0) is 19.7. The van der Waals surface area contributed by atoms with Crippen molar-refractivity contribution in [3.05, 3.63) is 54.4 Å². The maximum Gasteiger partial charge on any atom is 0.244 e. The smallest absolute Gasteiger partial charge is 0.244 e. The van der Waals surface area contributed by atoms with Crippen LogP contribution in [0.4, 0.5) is 5.69 Å². The standard InChI is InChI=1S/C20H22N4O3S/c1-15-21-18-9-2-3-10-19(18)24(15)14-20(25)22-16-7-6-8-17(13-16)28(26,27)23-11-4-5-12-23/h2-3,6-10,13H,4-5,11-12,14H2,1H3,(H,22,25). The molecule has 4 rings (SSSR count). The van der Waals surface area contributed by atoms with Crippen LogP contribution in [0.2, 0.25) is 0 Å². The number of carbonyl (C=O) groups excluding carboxylic acids is 1. The number of nitrogens with one attached hydrogen (secondary N) is 1. The molecule has 3 aromatic rings. The van der Waals surface area contributed by atoms with E-state index in [0.29, 0.717) is 18.8 Å². The number of para-hydroxylation sites is 2. The fourth-order valence-corrected chi connectivity index (χ4v) is 5.11. The Labute approximate surface area is 164 Å². The molecule has 1 N–H and O–H groups in total. The first-order chi connectivity index (χ1) is 13.4. The molecule has 1 saturated heterocycles. The van der Waals surface area contributed by atoms with Crippen molar-refractivity contribution in [3.8, 4) is 0 Å². The number of benzene rings is 2. The lowest BCUT2D eigenvalue weighted by atomic mass is 10.3. The third kappa shape index (κ3) is 3.53. The van der Waals surface area contributed by atoms with Crippen LogP contribution in [0.3, 0.4) is 0 Å². The minimum atomic E-state index is -3.52. The summed E-state index contributed by atoms with van der Waals surface area (Å²) in [5.41, 5.74) is 2.19. The van der Waals surface area contributed by atoms with Crippen LogP contribution in [0, 0.1) is 6.92 Å². The normalized spacial score (nSPS) is 15.2. The molecule has 0 atom stereocenters. The van der Waals surface area contributed by atoms with Crippen LogP contribution in [-0.4, -0.2) is 41.3 Å². The predicted octanol–water partition coefficient (Wildman–Crippen LogP) is 2.77. The van der Waals surface area contributed by atoms with Gasteiger partial charge in [0.1, 0.15) is 12.4 Å². The number of fused-ring (bicyclic) bond motifs is 1. The summed E-state index contributed by atoms with van der Waals surface area (Å²) in [4.78, 5) is 17.2. The van der Waals surface area contributed by atoms with E-state index in [1.807, 2.05) is 35.8 Å². The van der Waals surface area contributed by atoms with Crippen LogP contribution in [0.15, 0.2) is 53.4 Å². The first kappa shape index (κ1) is 18.6. The lowest BCUT2D eigenvalue weighted by Crippen LogP contribution is -2.28. The molecule has 0 saturated carbocycles. The molecule has 0 unspecified atom stereocenters. The highest BCUT2D eigenvalue weighted by Gasteiger charge is 2.27. The Kier molecular flexibility index (Phi) is 4.91. The van der Waals surface area contributed by atoms with E-state index < -0.39 is 10.0 Å². The Balaban J connectivity index is 1.53. The molecule has 146 valence electrons. The monoisotopic (exact) mass is 398 g/mol. The van der Waals surface area contributed by atoms with Crippen molar-refractivity contribution in [2.75, 3.05) is 18.4 Å². The molecule has 28 heavy (non-hydrogen) atoms. The van der Waals surface area contributed by atoms with Gasteiger partial charge in [0.25, 0.3) is 0 Å². The lowest BCUT2D eigenvalue weighted by molar-refractivity contribution is -0.116. The topological polar surface area (TPSA) is 84.3 Å². The Hall–Kier alpha value is -2.71. The molecule has 0 radical (unpaired) electrons. The van der Waals surface area contributed by atoms with Crippen LogP contribution >= 0.6 is 0 Å².